The van der Waals surface area contributed by atoms with Crippen LogP contribution in [0.3, 0.4) is 0 Å². The molecule has 0 aromatic rings. The van der Waals surface area contributed by atoms with Gasteiger partial charge in [0.2, 0.25) is 6.41 Å². The Hall–Kier alpha value is -1.05. The number of rotatable bonds is 3. The van der Waals surface area contributed by atoms with E-state index in [2.05, 4.69) is 12.7 Å². The molecule has 0 bridgehead atoms. The third-order valence-corrected chi connectivity index (χ3v) is 3.41. The van der Waals surface area contributed by atoms with Crippen molar-refractivity contribution >= 4 is 6.41 Å². The molecule has 0 aromatic carbocycles. The lowest BCUT2D eigenvalue weighted by Gasteiger charge is -2.17. The largest absolute Gasteiger partial charge is 0.295 e. The van der Waals surface area contributed by atoms with Crippen LogP contribution in [0.15, 0.2) is 24.6 Å². The third-order valence-electron chi connectivity index (χ3n) is 3.41. The molecule has 0 atom stereocenters. The Morgan fingerprint density at radius 3 is 2.18 bits per heavy atom. The number of hydrogen-bond acceptors (Lipinski definition) is 1. The van der Waals surface area contributed by atoms with Gasteiger partial charge in [-0.1, -0.05) is 51.2 Å². The molecule has 0 heterocycles. The predicted octanol–water partition coefficient (Wildman–Crippen LogP) is 4.39. The topological polar surface area (TPSA) is 20.3 Å². The van der Waals surface area contributed by atoms with Crippen LogP contribution in [0.1, 0.15) is 64.2 Å². The SMILES string of the molecule is C=CN(C=O)C1=CCCCCCCCCCC1. The number of amides is 1. The van der Waals surface area contributed by atoms with Gasteiger partial charge in [0.1, 0.15) is 0 Å². The van der Waals surface area contributed by atoms with Gasteiger partial charge in [0.05, 0.1) is 0 Å². The van der Waals surface area contributed by atoms with E-state index in [0.717, 1.165) is 24.9 Å². The first kappa shape index (κ1) is 14.0. The average Bonchev–Trinajstić information content (AvgIpc) is 2.33. The van der Waals surface area contributed by atoms with E-state index in [1.165, 1.54) is 51.4 Å². The zero-order valence-corrected chi connectivity index (χ0v) is 10.9. The van der Waals surface area contributed by atoms with Gasteiger partial charge in [-0.3, -0.25) is 9.69 Å². The Kier molecular flexibility index (Phi) is 7.44. The first-order valence-electron chi connectivity index (χ1n) is 6.93. The lowest BCUT2D eigenvalue weighted by molar-refractivity contribution is -0.114. The molecule has 0 unspecified atom stereocenters. The van der Waals surface area contributed by atoms with E-state index in [4.69, 9.17) is 0 Å². The lowest BCUT2D eigenvalue weighted by atomic mass is 10.0. The highest BCUT2D eigenvalue weighted by atomic mass is 16.1. The molecule has 0 aliphatic heterocycles. The third kappa shape index (κ3) is 5.71. The Bertz CT molecular complexity index is 250. The van der Waals surface area contributed by atoms with Gasteiger partial charge in [0, 0.05) is 11.9 Å². The highest BCUT2D eigenvalue weighted by molar-refractivity contribution is 5.52. The molecule has 2 heteroatoms. The first-order chi connectivity index (χ1) is 8.38. The molecule has 0 spiro atoms. The molecule has 17 heavy (non-hydrogen) atoms. The first-order valence-corrected chi connectivity index (χ1v) is 6.93. The Labute approximate surface area is 105 Å². The lowest BCUT2D eigenvalue weighted by Crippen LogP contribution is -2.14. The van der Waals surface area contributed by atoms with Crippen LogP contribution >= 0.6 is 0 Å². The Morgan fingerprint density at radius 2 is 1.59 bits per heavy atom. The monoisotopic (exact) mass is 235 g/mol. The van der Waals surface area contributed by atoms with E-state index in [0.29, 0.717) is 0 Å². The Balaban J connectivity index is 2.55. The molecule has 0 radical (unpaired) electrons. The van der Waals surface area contributed by atoms with Crippen molar-refractivity contribution in [2.45, 2.75) is 64.2 Å². The molecule has 1 aliphatic rings. The number of nitrogens with zero attached hydrogens (tertiary/aromatic N) is 1. The van der Waals surface area contributed by atoms with E-state index in [-0.39, 0.29) is 0 Å². The van der Waals surface area contributed by atoms with Crippen molar-refractivity contribution in [3.63, 3.8) is 0 Å². The summed E-state index contributed by atoms with van der Waals surface area (Å²) < 4.78 is 0. The van der Waals surface area contributed by atoms with Crippen LogP contribution in [0.25, 0.3) is 0 Å². The smallest absolute Gasteiger partial charge is 0.217 e. The summed E-state index contributed by atoms with van der Waals surface area (Å²) >= 11 is 0. The number of carbonyl (C=O) groups excluding carboxylic acids is 1. The van der Waals surface area contributed by atoms with Crippen LogP contribution in [-0.2, 0) is 4.79 Å². The summed E-state index contributed by atoms with van der Waals surface area (Å²) in [6.07, 6.45) is 17.3. The van der Waals surface area contributed by atoms with Crippen molar-refractivity contribution in [3.8, 4) is 0 Å². The van der Waals surface area contributed by atoms with Crippen LogP contribution in [0.4, 0.5) is 0 Å². The maximum atomic E-state index is 10.9. The minimum absolute atomic E-state index is 0.866. The summed E-state index contributed by atoms with van der Waals surface area (Å²) in [5, 5.41) is 0. The zero-order valence-electron chi connectivity index (χ0n) is 10.9. The van der Waals surface area contributed by atoms with Crippen molar-refractivity contribution in [1.82, 2.24) is 4.90 Å². The molecule has 0 saturated heterocycles. The second-order valence-electron chi connectivity index (χ2n) is 4.76. The summed E-state index contributed by atoms with van der Waals surface area (Å²) in [6.45, 7) is 3.69. The minimum Gasteiger partial charge on any atom is -0.295 e. The van der Waals surface area contributed by atoms with E-state index in [1.807, 2.05) is 0 Å². The fourth-order valence-electron chi connectivity index (χ4n) is 2.34. The molecule has 1 amide bonds. The molecule has 0 fully saturated rings. The molecule has 1 aliphatic carbocycles. The molecular formula is C15H25NO. The number of hydrogen-bond donors (Lipinski definition) is 0. The van der Waals surface area contributed by atoms with Crippen LogP contribution < -0.4 is 0 Å². The van der Waals surface area contributed by atoms with Gasteiger partial charge in [-0.05, 0) is 25.7 Å². The summed E-state index contributed by atoms with van der Waals surface area (Å²) in [4.78, 5) is 12.6. The maximum Gasteiger partial charge on any atom is 0.217 e. The summed E-state index contributed by atoms with van der Waals surface area (Å²) in [7, 11) is 0. The quantitative estimate of drug-likeness (QED) is 0.664. The van der Waals surface area contributed by atoms with Crippen LogP contribution in [0, 0.1) is 0 Å². The zero-order chi connectivity index (χ0) is 12.3. The second kappa shape index (κ2) is 9.03. The summed E-state index contributed by atoms with van der Waals surface area (Å²) in [5.41, 5.74) is 1.13. The molecule has 0 N–H and O–H groups in total. The summed E-state index contributed by atoms with van der Waals surface area (Å²) in [5.74, 6) is 0. The summed E-state index contributed by atoms with van der Waals surface area (Å²) in [6, 6.07) is 0. The van der Waals surface area contributed by atoms with Gasteiger partial charge >= 0.3 is 0 Å². The van der Waals surface area contributed by atoms with E-state index < -0.39 is 0 Å². The standard InChI is InChI=1S/C15H25NO/c1-2-16(14-17)15-12-10-8-6-4-3-5-7-9-11-13-15/h2,12,14H,1,3-11,13H2. The normalized spacial score (nSPS) is 19.4. The highest BCUT2D eigenvalue weighted by Crippen LogP contribution is 2.18. The van der Waals surface area contributed by atoms with Gasteiger partial charge in [-0.2, -0.15) is 0 Å². The van der Waals surface area contributed by atoms with Gasteiger partial charge in [0.15, 0.2) is 0 Å². The van der Waals surface area contributed by atoms with Crippen molar-refractivity contribution in [2.24, 2.45) is 0 Å². The van der Waals surface area contributed by atoms with Crippen LogP contribution in [0.5, 0.6) is 0 Å². The van der Waals surface area contributed by atoms with E-state index in [9.17, 15) is 4.79 Å². The molecule has 0 aromatic heterocycles. The molecule has 1 rings (SSSR count). The van der Waals surface area contributed by atoms with Gasteiger partial charge in [0.25, 0.3) is 0 Å². The number of allylic oxidation sites excluding steroid dienone is 2. The Morgan fingerprint density at radius 1 is 1.00 bits per heavy atom. The molecule has 0 saturated carbocycles. The predicted molar refractivity (Wildman–Crippen MR) is 72.4 cm³/mol. The maximum absolute atomic E-state index is 10.9. The van der Waals surface area contributed by atoms with Crippen molar-refractivity contribution in [2.75, 3.05) is 0 Å². The highest BCUT2D eigenvalue weighted by Gasteiger charge is 2.05. The van der Waals surface area contributed by atoms with Gasteiger partial charge in [-0.25, -0.2) is 0 Å². The van der Waals surface area contributed by atoms with Crippen LogP contribution in [-0.4, -0.2) is 11.3 Å². The van der Waals surface area contributed by atoms with Gasteiger partial charge < -0.3 is 0 Å². The van der Waals surface area contributed by atoms with Crippen molar-refractivity contribution < 1.29 is 4.79 Å². The molecule has 2 nitrogen and oxygen atoms in total. The van der Waals surface area contributed by atoms with E-state index >= 15 is 0 Å². The average molecular weight is 235 g/mol. The van der Waals surface area contributed by atoms with Gasteiger partial charge in [-0.15, -0.1) is 0 Å². The van der Waals surface area contributed by atoms with Crippen molar-refractivity contribution in [3.05, 3.63) is 24.6 Å². The van der Waals surface area contributed by atoms with Crippen LogP contribution in [0.2, 0.25) is 0 Å². The van der Waals surface area contributed by atoms with E-state index in [1.54, 1.807) is 11.1 Å². The molecular weight excluding hydrogens is 210 g/mol. The minimum atomic E-state index is 0.866. The van der Waals surface area contributed by atoms with Crippen molar-refractivity contribution in [1.29, 1.82) is 0 Å². The second-order valence-corrected chi connectivity index (χ2v) is 4.76. The fourth-order valence-corrected chi connectivity index (χ4v) is 2.34. The molecule has 96 valence electrons. The fraction of sp³-hybridized carbons (Fsp3) is 0.667. The number of carbonyl (C=O) groups is 1.